The van der Waals surface area contributed by atoms with Gasteiger partial charge in [0.05, 0.1) is 5.75 Å². The molecule has 0 unspecified atom stereocenters. The standard InChI is InChI=1S/C11H14N2O5S/c1-6(2)12-11(17)13-8(14)5-19-9-4-3-7(18-9)10(15)16/h3-4,6H,5H2,1-2H3,(H,15,16)(H2,12,13,14,17). The predicted molar refractivity (Wildman–Crippen MR) is 68.2 cm³/mol. The molecule has 0 aliphatic rings. The number of hydrogen-bond donors (Lipinski definition) is 3. The Morgan fingerprint density at radius 3 is 2.58 bits per heavy atom. The van der Waals surface area contributed by atoms with Crippen LogP contribution in [0.5, 0.6) is 0 Å². The number of imide groups is 1. The molecule has 0 aromatic carbocycles. The maximum atomic E-state index is 11.4. The molecule has 0 bridgehead atoms. The SMILES string of the molecule is CC(C)NC(=O)NC(=O)CSc1ccc(C(=O)O)o1. The van der Waals surface area contributed by atoms with Crippen LogP contribution in [0.25, 0.3) is 0 Å². The molecule has 0 aliphatic carbocycles. The Balaban J connectivity index is 2.37. The minimum absolute atomic E-state index is 0.0436. The van der Waals surface area contributed by atoms with E-state index in [0.717, 1.165) is 11.8 Å². The van der Waals surface area contributed by atoms with E-state index in [1.165, 1.54) is 12.1 Å². The van der Waals surface area contributed by atoms with Gasteiger partial charge in [0.2, 0.25) is 11.7 Å². The lowest BCUT2D eigenvalue weighted by atomic mass is 10.4. The zero-order valence-corrected chi connectivity index (χ0v) is 11.2. The van der Waals surface area contributed by atoms with Gasteiger partial charge >= 0.3 is 12.0 Å². The van der Waals surface area contributed by atoms with Gasteiger partial charge in [-0.1, -0.05) is 11.8 Å². The first-order chi connectivity index (χ1) is 8.88. The molecule has 0 saturated heterocycles. The molecule has 8 heteroatoms. The Morgan fingerprint density at radius 2 is 2.05 bits per heavy atom. The van der Waals surface area contributed by atoms with Crippen molar-refractivity contribution < 1.29 is 23.9 Å². The molecule has 0 atom stereocenters. The van der Waals surface area contributed by atoms with Gasteiger partial charge < -0.3 is 14.8 Å². The molecule has 19 heavy (non-hydrogen) atoms. The van der Waals surface area contributed by atoms with Crippen LogP contribution in [0, 0.1) is 0 Å². The third-order valence-electron chi connectivity index (χ3n) is 1.81. The normalized spacial score (nSPS) is 10.3. The quantitative estimate of drug-likeness (QED) is 0.704. The van der Waals surface area contributed by atoms with Gasteiger partial charge in [-0.3, -0.25) is 10.1 Å². The Morgan fingerprint density at radius 1 is 1.37 bits per heavy atom. The van der Waals surface area contributed by atoms with Crippen LogP contribution in [0.2, 0.25) is 0 Å². The van der Waals surface area contributed by atoms with Gasteiger partial charge in [-0.2, -0.15) is 0 Å². The third kappa shape index (κ3) is 5.47. The summed E-state index contributed by atoms with van der Waals surface area (Å²) in [4.78, 5) is 33.2. The number of nitrogens with one attached hydrogen (secondary N) is 2. The number of aromatic carboxylic acids is 1. The number of carboxylic acid groups (broad SMARTS) is 1. The minimum Gasteiger partial charge on any atom is -0.475 e. The number of rotatable bonds is 5. The molecule has 0 radical (unpaired) electrons. The van der Waals surface area contributed by atoms with E-state index in [-0.39, 0.29) is 17.6 Å². The van der Waals surface area contributed by atoms with Crippen LogP contribution >= 0.6 is 11.8 Å². The number of urea groups is 1. The van der Waals surface area contributed by atoms with E-state index in [2.05, 4.69) is 10.6 Å². The van der Waals surface area contributed by atoms with Crippen molar-refractivity contribution in [1.82, 2.24) is 10.6 Å². The number of furan rings is 1. The fourth-order valence-electron chi connectivity index (χ4n) is 1.11. The Hall–Kier alpha value is -1.96. The van der Waals surface area contributed by atoms with E-state index in [1.54, 1.807) is 13.8 Å². The molecule has 0 fully saturated rings. The maximum Gasteiger partial charge on any atom is 0.371 e. The van der Waals surface area contributed by atoms with Gasteiger partial charge in [-0.25, -0.2) is 9.59 Å². The first-order valence-electron chi connectivity index (χ1n) is 5.44. The Kier molecular flexibility index (Phi) is 5.43. The van der Waals surface area contributed by atoms with Gasteiger partial charge in [-0.05, 0) is 26.0 Å². The van der Waals surface area contributed by atoms with Crippen LogP contribution < -0.4 is 10.6 Å². The molecular formula is C11H14N2O5S. The van der Waals surface area contributed by atoms with Crippen molar-refractivity contribution in [2.75, 3.05) is 5.75 Å². The van der Waals surface area contributed by atoms with Crippen molar-refractivity contribution in [2.45, 2.75) is 25.0 Å². The Bertz CT molecular complexity index is 483. The van der Waals surface area contributed by atoms with Crippen molar-refractivity contribution in [3.05, 3.63) is 17.9 Å². The van der Waals surface area contributed by atoms with Crippen molar-refractivity contribution in [2.24, 2.45) is 0 Å². The number of hydrogen-bond acceptors (Lipinski definition) is 5. The maximum absolute atomic E-state index is 11.4. The zero-order valence-electron chi connectivity index (χ0n) is 10.4. The van der Waals surface area contributed by atoms with E-state index >= 15 is 0 Å². The summed E-state index contributed by atoms with van der Waals surface area (Å²) in [5.74, 6) is -1.90. The first kappa shape index (κ1) is 15.1. The molecule has 0 saturated carbocycles. The summed E-state index contributed by atoms with van der Waals surface area (Å²) in [5, 5.41) is 13.6. The second-order valence-corrected chi connectivity index (χ2v) is 4.87. The van der Waals surface area contributed by atoms with Crippen LogP contribution in [-0.2, 0) is 4.79 Å². The lowest BCUT2D eigenvalue weighted by molar-refractivity contribution is -0.117. The van der Waals surface area contributed by atoms with Gasteiger partial charge in [-0.15, -0.1) is 0 Å². The summed E-state index contributed by atoms with van der Waals surface area (Å²) in [7, 11) is 0. The van der Waals surface area contributed by atoms with E-state index in [0.29, 0.717) is 5.09 Å². The molecular weight excluding hydrogens is 272 g/mol. The molecule has 0 spiro atoms. The molecule has 0 aliphatic heterocycles. The molecule has 104 valence electrons. The molecule has 1 heterocycles. The molecule has 3 N–H and O–H groups in total. The first-order valence-corrected chi connectivity index (χ1v) is 6.43. The summed E-state index contributed by atoms with van der Waals surface area (Å²) in [6.07, 6.45) is 0. The number of carbonyl (C=O) groups is 3. The average Bonchev–Trinajstić information content (AvgIpc) is 2.73. The topological polar surface area (TPSA) is 109 Å². The van der Waals surface area contributed by atoms with Crippen molar-refractivity contribution in [1.29, 1.82) is 0 Å². The van der Waals surface area contributed by atoms with Crippen LogP contribution in [0.1, 0.15) is 24.4 Å². The fraction of sp³-hybridized carbons (Fsp3) is 0.364. The minimum atomic E-state index is -1.17. The molecule has 3 amide bonds. The van der Waals surface area contributed by atoms with Crippen LogP contribution in [0.15, 0.2) is 21.6 Å². The van der Waals surface area contributed by atoms with Crippen LogP contribution in [0.4, 0.5) is 4.79 Å². The largest absolute Gasteiger partial charge is 0.475 e. The van der Waals surface area contributed by atoms with E-state index in [9.17, 15) is 14.4 Å². The second-order valence-electron chi connectivity index (χ2n) is 3.89. The Labute approximate surface area is 113 Å². The monoisotopic (exact) mass is 286 g/mol. The van der Waals surface area contributed by atoms with E-state index in [4.69, 9.17) is 9.52 Å². The highest BCUT2D eigenvalue weighted by Crippen LogP contribution is 2.20. The lowest BCUT2D eigenvalue weighted by Gasteiger charge is -2.08. The molecule has 1 aromatic rings. The van der Waals surface area contributed by atoms with Gasteiger partial charge in [0, 0.05) is 6.04 Å². The number of thioether (sulfide) groups is 1. The van der Waals surface area contributed by atoms with Crippen LogP contribution in [-0.4, -0.2) is 34.8 Å². The smallest absolute Gasteiger partial charge is 0.371 e. The summed E-state index contributed by atoms with van der Waals surface area (Å²) in [5.41, 5.74) is 0. The molecule has 1 aromatic heterocycles. The third-order valence-corrected chi connectivity index (χ3v) is 2.72. The van der Waals surface area contributed by atoms with E-state index in [1.807, 2.05) is 0 Å². The highest BCUT2D eigenvalue weighted by molar-refractivity contribution is 7.99. The van der Waals surface area contributed by atoms with Gasteiger partial charge in [0.25, 0.3) is 0 Å². The zero-order chi connectivity index (χ0) is 14.4. The number of carboxylic acids is 1. The van der Waals surface area contributed by atoms with Gasteiger partial charge in [0.1, 0.15) is 0 Å². The van der Waals surface area contributed by atoms with Crippen LogP contribution in [0.3, 0.4) is 0 Å². The number of amides is 3. The average molecular weight is 286 g/mol. The lowest BCUT2D eigenvalue weighted by Crippen LogP contribution is -2.43. The summed E-state index contributed by atoms with van der Waals surface area (Å²) in [6.45, 7) is 3.55. The highest BCUT2D eigenvalue weighted by Gasteiger charge is 2.12. The summed E-state index contributed by atoms with van der Waals surface area (Å²) >= 11 is 1.01. The van der Waals surface area contributed by atoms with E-state index < -0.39 is 17.9 Å². The molecule has 7 nitrogen and oxygen atoms in total. The molecule has 1 rings (SSSR count). The highest BCUT2D eigenvalue weighted by atomic mass is 32.2. The summed E-state index contributed by atoms with van der Waals surface area (Å²) in [6, 6.07) is 2.12. The summed E-state index contributed by atoms with van der Waals surface area (Å²) < 4.78 is 4.95. The van der Waals surface area contributed by atoms with Gasteiger partial charge in [0.15, 0.2) is 5.09 Å². The van der Waals surface area contributed by atoms with Crippen molar-refractivity contribution in [3.8, 4) is 0 Å². The predicted octanol–water partition coefficient (Wildman–Crippen LogP) is 1.30. The van der Waals surface area contributed by atoms with Crippen molar-refractivity contribution in [3.63, 3.8) is 0 Å². The fourth-order valence-corrected chi connectivity index (χ4v) is 1.77. The number of carbonyl (C=O) groups excluding carboxylic acids is 2. The van der Waals surface area contributed by atoms with Crippen molar-refractivity contribution >= 4 is 29.7 Å². The second kappa shape index (κ2) is 6.83.